The number of oxazole rings is 1. The number of para-hydroxylation sites is 4. The number of hydrogen-bond acceptors (Lipinski definition) is 4. The van der Waals surface area contributed by atoms with E-state index in [-0.39, 0.29) is 17.9 Å². The third kappa shape index (κ3) is 3.60. The molecule has 2 heterocycles. The van der Waals surface area contributed by atoms with Crippen LogP contribution in [0.5, 0.6) is 0 Å². The summed E-state index contributed by atoms with van der Waals surface area (Å²) in [5.41, 5.74) is 3.30. The van der Waals surface area contributed by atoms with E-state index in [2.05, 4.69) is 20.3 Å². The maximum absolute atomic E-state index is 12.4. The molecule has 0 bridgehead atoms. The number of nitrogens with one attached hydrogen (secondary N) is 2. The van der Waals surface area contributed by atoms with Gasteiger partial charge in [-0.1, -0.05) is 38.1 Å². The Morgan fingerprint density at radius 2 is 1.81 bits per heavy atom. The van der Waals surface area contributed by atoms with Crippen LogP contribution in [-0.4, -0.2) is 20.9 Å². The van der Waals surface area contributed by atoms with Gasteiger partial charge in [-0.25, -0.2) is 9.97 Å². The van der Waals surface area contributed by atoms with E-state index in [1.54, 1.807) is 6.08 Å². The van der Waals surface area contributed by atoms with Gasteiger partial charge in [-0.15, -0.1) is 0 Å². The Hall–Kier alpha value is -3.41. The number of carbonyl (C=O) groups is 1. The van der Waals surface area contributed by atoms with Crippen LogP contribution in [0.25, 0.3) is 28.2 Å². The molecule has 0 saturated heterocycles. The fourth-order valence-electron chi connectivity index (χ4n) is 2.98. The first-order chi connectivity index (χ1) is 13.1. The number of hydrogen-bond donors (Lipinski definition) is 2. The normalized spacial score (nSPS) is 13.0. The Kier molecular flexibility index (Phi) is 4.46. The maximum Gasteiger partial charge on any atom is 0.244 e. The van der Waals surface area contributed by atoms with Gasteiger partial charge >= 0.3 is 0 Å². The molecule has 6 nitrogen and oxygen atoms in total. The van der Waals surface area contributed by atoms with E-state index in [0.717, 1.165) is 22.4 Å². The Labute approximate surface area is 156 Å². The minimum Gasteiger partial charge on any atom is -0.437 e. The molecular weight excluding hydrogens is 340 g/mol. The number of aromatic nitrogens is 3. The highest BCUT2D eigenvalue weighted by atomic mass is 16.3. The summed E-state index contributed by atoms with van der Waals surface area (Å²) in [6, 6.07) is 15.1. The van der Waals surface area contributed by atoms with Gasteiger partial charge in [0.25, 0.3) is 0 Å². The predicted octanol–water partition coefficient (Wildman–Crippen LogP) is 4.23. The molecule has 1 amide bonds. The zero-order valence-electron chi connectivity index (χ0n) is 15.1. The summed E-state index contributed by atoms with van der Waals surface area (Å²) in [6.07, 6.45) is 3.01. The van der Waals surface area contributed by atoms with Crippen LogP contribution in [0.1, 0.15) is 31.6 Å². The zero-order valence-corrected chi connectivity index (χ0v) is 15.1. The first kappa shape index (κ1) is 17.0. The summed E-state index contributed by atoms with van der Waals surface area (Å²) < 4.78 is 5.60. The molecule has 1 unspecified atom stereocenters. The summed E-state index contributed by atoms with van der Waals surface area (Å²) in [4.78, 5) is 24.7. The van der Waals surface area contributed by atoms with Crippen LogP contribution in [0.4, 0.5) is 0 Å². The summed E-state index contributed by atoms with van der Waals surface area (Å²) in [5, 5.41) is 3.01. The SMILES string of the molecule is CC(C)C(NC(=O)/C=C/c1nc2ccccc2o1)c1nc2ccccc2[nH]1. The molecular formula is C21H20N4O2. The monoisotopic (exact) mass is 360 g/mol. The highest BCUT2D eigenvalue weighted by Gasteiger charge is 2.21. The molecule has 6 heteroatoms. The van der Waals surface area contributed by atoms with Crippen molar-refractivity contribution in [3.05, 3.63) is 66.3 Å². The third-order valence-corrected chi connectivity index (χ3v) is 4.35. The molecule has 2 aromatic heterocycles. The van der Waals surface area contributed by atoms with Crippen LogP contribution in [-0.2, 0) is 4.79 Å². The average molecular weight is 360 g/mol. The Morgan fingerprint density at radius 3 is 2.56 bits per heavy atom. The van der Waals surface area contributed by atoms with Gasteiger partial charge in [0.1, 0.15) is 11.3 Å². The van der Waals surface area contributed by atoms with Crippen molar-refractivity contribution >= 4 is 34.1 Å². The quantitative estimate of drug-likeness (QED) is 0.522. The molecule has 1 atom stereocenters. The lowest BCUT2D eigenvalue weighted by Crippen LogP contribution is -2.31. The molecule has 0 aliphatic rings. The first-order valence-corrected chi connectivity index (χ1v) is 8.89. The number of amides is 1. The Morgan fingerprint density at radius 1 is 1.07 bits per heavy atom. The molecule has 0 saturated carbocycles. The van der Waals surface area contributed by atoms with Gasteiger partial charge in [-0.05, 0) is 30.2 Å². The molecule has 2 aromatic carbocycles. The van der Waals surface area contributed by atoms with Crippen molar-refractivity contribution in [3.63, 3.8) is 0 Å². The largest absolute Gasteiger partial charge is 0.437 e. The van der Waals surface area contributed by atoms with E-state index in [0.29, 0.717) is 11.5 Å². The fourth-order valence-corrected chi connectivity index (χ4v) is 2.98. The van der Waals surface area contributed by atoms with E-state index in [4.69, 9.17) is 4.42 Å². The van der Waals surface area contributed by atoms with E-state index in [1.165, 1.54) is 6.08 Å². The van der Waals surface area contributed by atoms with Crippen LogP contribution in [0, 0.1) is 5.92 Å². The number of aromatic amines is 1. The number of rotatable bonds is 5. The number of imidazole rings is 1. The Bertz CT molecular complexity index is 1060. The molecule has 2 N–H and O–H groups in total. The van der Waals surface area contributed by atoms with Crippen molar-refractivity contribution in [1.29, 1.82) is 0 Å². The summed E-state index contributed by atoms with van der Waals surface area (Å²) in [6.45, 7) is 4.09. The minimum absolute atomic E-state index is 0.173. The number of carbonyl (C=O) groups excluding carboxylic acids is 1. The molecule has 0 fully saturated rings. The fraction of sp³-hybridized carbons (Fsp3) is 0.190. The van der Waals surface area contributed by atoms with Gasteiger partial charge in [0.15, 0.2) is 5.58 Å². The summed E-state index contributed by atoms with van der Waals surface area (Å²) >= 11 is 0. The van der Waals surface area contributed by atoms with Crippen molar-refractivity contribution in [2.45, 2.75) is 19.9 Å². The number of benzene rings is 2. The lowest BCUT2D eigenvalue weighted by Gasteiger charge is -2.19. The second-order valence-corrected chi connectivity index (χ2v) is 6.72. The Balaban J connectivity index is 1.51. The lowest BCUT2D eigenvalue weighted by molar-refractivity contribution is -0.117. The molecule has 0 aliphatic carbocycles. The topological polar surface area (TPSA) is 83.8 Å². The predicted molar refractivity (Wildman–Crippen MR) is 105 cm³/mol. The standard InChI is InChI=1S/C21H20N4O2/c1-13(2)20(21-23-14-7-3-4-8-15(14)24-21)25-18(26)11-12-19-22-16-9-5-6-10-17(16)27-19/h3-13,20H,1-2H3,(H,23,24)(H,25,26)/b12-11+. The van der Waals surface area contributed by atoms with Gasteiger partial charge in [-0.2, -0.15) is 0 Å². The molecule has 0 aliphatic heterocycles. The smallest absolute Gasteiger partial charge is 0.244 e. The van der Waals surface area contributed by atoms with Crippen LogP contribution in [0.2, 0.25) is 0 Å². The maximum atomic E-state index is 12.4. The molecule has 4 rings (SSSR count). The van der Waals surface area contributed by atoms with Crippen molar-refractivity contribution in [2.75, 3.05) is 0 Å². The highest BCUT2D eigenvalue weighted by molar-refractivity contribution is 5.91. The number of nitrogens with zero attached hydrogens (tertiary/aromatic N) is 2. The second kappa shape index (κ2) is 7.07. The first-order valence-electron chi connectivity index (χ1n) is 8.89. The van der Waals surface area contributed by atoms with Crippen molar-refractivity contribution in [3.8, 4) is 0 Å². The van der Waals surface area contributed by atoms with E-state index in [1.807, 2.05) is 62.4 Å². The van der Waals surface area contributed by atoms with Crippen LogP contribution in [0.15, 0.2) is 59.0 Å². The second-order valence-electron chi connectivity index (χ2n) is 6.72. The molecule has 0 radical (unpaired) electrons. The van der Waals surface area contributed by atoms with E-state index in [9.17, 15) is 4.79 Å². The van der Waals surface area contributed by atoms with Crippen LogP contribution >= 0.6 is 0 Å². The molecule has 0 spiro atoms. The highest BCUT2D eigenvalue weighted by Crippen LogP contribution is 2.22. The molecule has 136 valence electrons. The van der Waals surface area contributed by atoms with Gasteiger partial charge in [-0.3, -0.25) is 4.79 Å². The van der Waals surface area contributed by atoms with Crippen LogP contribution < -0.4 is 5.32 Å². The van der Waals surface area contributed by atoms with Gasteiger partial charge in [0.2, 0.25) is 11.8 Å². The van der Waals surface area contributed by atoms with Crippen LogP contribution in [0.3, 0.4) is 0 Å². The van der Waals surface area contributed by atoms with Gasteiger partial charge < -0.3 is 14.7 Å². The van der Waals surface area contributed by atoms with E-state index < -0.39 is 0 Å². The average Bonchev–Trinajstić information content (AvgIpc) is 3.27. The summed E-state index contributed by atoms with van der Waals surface area (Å²) in [7, 11) is 0. The van der Waals surface area contributed by atoms with Crippen molar-refractivity contribution < 1.29 is 9.21 Å². The summed E-state index contributed by atoms with van der Waals surface area (Å²) in [5.74, 6) is 1.09. The third-order valence-electron chi connectivity index (χ3n) is 4.35. The van der Waals surface area contributed by atoms with Gasteiger partial charge in [0.05, 0.1) is 17.1 Å². The van der Waals surface area contributed by atoms with Crippen molar-refractivity contribution in [2.24, 2.45) is 5.92 Å². The number of H-pyrrole nitrogens is 1. The van der Waals surface area contributed by atoms with E-state index >= 15 is 0 Å². The number of fused-ring (bicyclic) bond motifs is 2. The molecule has 27 heavy (non-hydrogen) atoms. The van der Waals surface area contributed by atoms with Crippen molar-refractivity contribution in [1.82, 2.24) is 20.3 Å². The molecule has 4 aromatic rings. The lowest BCUT2D eigenvalue weighted by atomic mass is 10.0. The van der Waals surface area contributed by atoms with Gasteiger partial charge in [0, 0.05) is 12.2 Å². The minimum atomic E-state index is -0.226. The zero-order chi connectivity index (χ0) is 18.8.